The Morgan fingerprint density at radius 1 is 1.05 bits per heavy atom. The monoisotopic (exact) mass is 306 g/mol. The first-order chi connectivity index (χ1) is 10.7. The van der Waals surface area contributed by atoms with Crippen LogP contribution < -0.4 is 4.74 Å². The fraction of sp³-hybridized carbons (Fsp3) is 0.529. The van der Waals surface area contributed by atoms with Crippen LogP contribution >= 0.6 is 0 Å². The number of hydrogen-bond acceptors (Lipinski definition) is 5. The Morgan fingerprint density at radius 3 is 2.50 bits per heavy atom. The van der Waals surface area contributed by atoms with Crippen molar-refractivity contribution >= 4 is 11.9 Å². The summed E-state index contributed by atoms with van der Waals surface area (Å²) in [6.45, 7) is 3.91. The van der Waals surface area contributed by atoms with Crippen molar-refractivity contribution in [1.82, 2.24) is 0 Å². The van der Waals surface area contributed by atoms with Crippen LogP contribution in [0, 0.1) is 0 Å². The molecule has 1 aromatic rings. The van der Waals surface area contributed by atoms with Gasteiger partial charge in [-0.25, -0.2) is 9.59 Å². The average Bonchev–Trinajstić information content (AvgIpc) is 2.52. The normalized spacial score (nSPS) is 13.2. The van der Waals surface area contributed by atoms with E-state index >= 15 is 0 Å². The van der Waals surface area contributed by atoms with Crippen LogP contribution in [-0.2, 0) is 27.1 Å². The smallest absolute Gasteiger partial charge is 0.344 e. The lowest BCUT2D eigenvalue weighted by Crippen LogP contribution is -2.19. The van der Waals surface area contributed by atoms with Gasteiger partial charge in [0.1, 0.15) is 11.3 Å². The van der Waals surface area contributed by atoms with Crippen LogP contribution in [-0.4, -0.2) is 31.8 Å². The summed E-state index contributed by atoms with van der Waals surface area (Å²) in [5, 5.41) is 0. The summed E-state index contributed by atoms with van der Waals surface area (Å²) in [4.78, 5) is 23.7. The van der Waals surface area contributed by atoms with Crippen LogP contribution in [0.5, 0.6) is 5.75 Å². The van der Waals surface area contributed by atoms with Crippen molar-refractivity contribution in [2.24, 2.45) is 0 Å². The summed E-state index contributed by atoms with van der Waals surface area (Å²) in [7, 11) is 0. The zero-order chi connectivity index (χ0) is 15.9. The van der Waals surface area contributed by atoms with E-state index in [1.807, 2.05) is 6.07 Å². The maximum absolute atomic E-state index is 12.3. The van der Waals surface area contributed by atoms with Gasteiger partial charge < -0.3 is 14.2 Å². The minimum atomic E-state index is -0.449. The Labute approximate surface area is 130 Å². The van der Waals surface area contributed by atoms with Gasteiger partial charge in [0.15, 0.2) is 6.61 Å². The fourth-order valence-corrected chi connectivity index (χ4v) is 2.69. The van der Waals surface area contributed by atoms with E-state index in [2.05, 4.69) is 0 Å². The zero-order valence-electron chi connectivity index (χ0n) is 13.1. The number of esters is 2. The lowest BCUT2D eigenvalue weighted by atomic mass is 9.88. The standard InChI is InChI=1S/C17H22O5/c1-3-20-15(18)11-22-14-10-9-12-7-5-6-8-13(12)16(14)17(19)21-4-2/h9-10H,3-8,11H2,1-2H3. The van der Waals surface area contributed by atoms with Crippen LogP contribution in [0.15, 0.2) is 12.1 Å². The van der Waals surface area contributed by atoms with Crippen molar-refractivity contribution in [2.75, 3.05) is 19.8 Å². The van der Waals surface area contributed by atoms with E-state index in [9.17, 15) is 9.59 Å². The Morgan fingerprint density at radius 2 is 1.77 bits per heavy atom. The van der Waals surface area contributed by atoms with Gasteiger partial charge in [-0.3, -0.25) is 0 Å². The van der Waals surface area contributed by atoms with Crippen LogP contribution in [0.25, 0.3) is 0 Å². The molecule has 5 heteroatoms. The van der Waals surface area contributed by atoms with Crippen LogP contribution in [0.2, 0.25) is 0 Å². The molecule has 0 fully saturated rings. The Hall–Kier alpha value is -2.04. The van der Waals surface area contributed by atoms with Gasteiger partial charge in [0.2, 0.25) is 0 Å². The maximum Gasteiger partial charge on any atom is 0.344 e. The van der Waals surface area contributed by atoms with Gasteiger partial charge in [-0.05, 0) is 56.7 Å². The molecule has 0 amide bonds. The third kappa shape index (κ3) is 3.78. The molecule has 0 saturated heterocycles. The van der Waals surface area contributed by atoms with Crippen LogP contribution in [0.1, 0.15) is 48.2 Å². The van der Waals surface area contributed by atoms with Gasteiger partial charge in [0, 0.05) is 0 Å². The van der Waals surface area contributed by atoms with Crippen molar-refractivity contribution in [2.45, 2.75) is 39.5 Å². The molecule has 0 bridgehead atoms. The molecule has 0 unspecified atom stereocenters. The van der Waals surface area contributed by atoms with E-state index in [1.54, 1.807) is 19.9 Å². The topological polar surface area (TPSA) is 61.8 Å². The number of benzene rings is 1. The molecule has 0 radical (unpaired) electrons. The second-order valence-electron chi connectivity index (χ2n) is 5.10. The van der Waals surface area contributed by atoms with Gasteiger partial charge in [0.05, 0.1) is 13.2 Å². The molecule has 0 aliphatic heterocycles. The Bertz CT molecular complexity index is 550. The number of aryl methyl sites for hydroxylation is 1. The first-order valence-electron chi connectivity index (χ1n) is 7.77. The lowest BCUT2D eigenvalue weighted by molar-refractivity contribution is -0.145. The van der Waals surface area contributed by atoms with E-state index in [0.717, 1.165) is 36.8 Å². The van der Waals surface area contributed by atoms with Crippen molar-refractivity contribution in [3.05, 3.63) is 28.8 Å². The molecule has 0 heterocycles. The summed E-state index contributed by atoms with van der Waals surface area (Å²) >= 11 is 0. The van der Waals surface area contributed by atoms with Gasteiger partial charge in [-0.2, -0.15) is 0 Å². The number of ether oxygens (including phenoxy) is 3. The zero-order valence-corrected chi connectivity index (χ0v) is 13.1. The second-order valence-corrected chi connectivity index (χ2v) is 5.10. The highest BCUT2D eigenvalue weighted by Crippen LogP contribution is 2.32. The van der Waals surface area contributed by atoms with Crippen molar-refractivity contribution in [3.8, 4) is 5.75 Å². The van der Waals surface area contributed by atoms with E-state index < -0.39 is 5.97 Å². The molecular formula is C17H22O5. The molecule has 0 aromatic heterocycles. The van der Waals surface area contributed by atoms with E-state index in [4.69, 9.17) is 14.2 Å². The molecule has 22 heavy (non-hydrogen) atoms. The summed E-state index contributed by atoms with van der Waals surface area (Å²) in [5.41, 5.74) is 2.62. The molecule has 0 spiro atoms. The highest BCUT2D eigenvalue weighted by atomic mass is 16.6. The van der Waals surface area contributed by atoms with E-state index in [1.165, 1.54) is 0 Å². The number of carbonyl (C=O) groups is 2. The second kappa shape index (κ2) is 7.82. The minimum absolute atomic E-state index is 0.209. The molecule has 1 aliphatic rings. The third-order valence-electron chi connectivity index (χ3n) is 3.62. The first-order valence-corrected chi connectivity index (χ1v) is 7.77. The highest BCUT2D eigenvalue weighted by molar-refractivity contribution is 5.95. The predicted molar refractivity (Wildman–Crippen MR) is 81.2 cm³/mol. The van der Waals surface area contributed by atoms with Crippen molar-refractivity contribution < 1.29 is 23.8 Å². The van der Waals surface area contributed by atoms with Gasteiger partial charge >= 0.3 is 11.9 Å². The van der Waals surface area contributed by atoms with Crippen LogP contribution in [0.4, 0.5) is 0 Å². The Balaban J connectivity index is 2.27. The summed E-state index contributed by atoms with van der Waals surface area (Å²) < 4.78 is 15.5. The fourth-order valence-electron chi connectivity index (χ4n) is 2.69. The third-order valence-corrected chi connectivity index (χ3v) is 3.62. The number of fused-ring (bicyclic) bond motifs is 1. The SMILES string of the molecule is CCOC(=O)COc1ccc2c(c1C(=O)OCC)CCCC2. The minimum Gasteiger partial charge on any atom is -0.481 e. The largest absolute Gasteiger partial charge is 0.481 e. The predicted octanol–water partition coefficient (Wildman–Crippen LogP) is 2.68. The van der Waals surface area contributed by atoms with E-state index in [0.29, 0.717) is 24.5 Å². The number of rotatable bonds is 6. The summed E-state index contributed by atoms with van der Waals surface area (Å²) in [6.07, 6.45) is 3.96. The highest BCUT2D eigenvalue weighted by Gasteiger charge is 2.24. The van der Waals surface area contributed by atoms with Crippen molar-refractivity contribution in [1.29, 1.82) is 0 Å². The molecule has 1 aromatic carbocycles. The maximum atomic E-state index is 12.3. The van der Waals surface area contributed by atoms with Gasteiger partial charge in [0.25, 0.3) is 0 Å². The molecule has 0 saturated carbocycles. The number of carbonyl (C=O) groups excluding carboxylic acids is 2. The van der Waals surface area contributed by atoms with E-state index in [-0.39, 0.29) is 12.6 Å². The summed E-state index contributed by atoms with van der Waals surface area (Å²) in [5.74, 6) is -0.442. The molecule has 0 atom stereocenters. The Kier molecular flexibility index (Phi) is 5.81. The quantitative estimate of drug-likeness (QED) is 0.756. The first kappa shape index (κ1) is 16.3. The average molecular weight is 306 g/mol. The molecule has 5 nitrogen and oxygen atoms in total. The van der Waals surface area contributed by atoms with Crippen LogP contribution in [0.3, 0.4) is 0 Å². The molecule has 1 aliphatic carbocycles. The van der Waals surface area contributed by atoms with Gasteiger partial charge in [-0.1, -0.05) is 6.07 Å². The van der Waals surface area contributed by atoms with Gasteiger partial charge in [-0.15, -0.1) is 0 Å². The molecular weight excluding hydrogens is 284 g/mol. The van der Waals surface area contributed by atoms with Crippen molar-refractivity contribution in [3.63, 3.8) is 0 Å². The molecule has 2 rings (SSSR count). The summed E-state index contributed by atoms with van der Waals surface area (Å²) in [6, 6.07) is 3.72. The number of hydrogen-bond donors (Lipinski definition) is 0. The molecule has 120 valence electrons. The lowest BCUT2D eigenvalue weighted by Gasteiger charge is -2.21. The molecule has 0 N–H and O–H groups in total.